The number of fused-ring (bicyclic) bond motifs is 2. The Labute approximate surface area is 177 Å². The Bertz CT molecular complexity index is 1150. The standard InChI is InChI=1S/C20H21FN8O2/c1-10-5-12-9-20(8-10,17-26-18(22)28-31-17)29(12)19(30)25-15-7-13(11(2)6-14(15)21)16-23-3-4-24-27-16/h3-4,6-7,10,12H,5,8-9H2,1-2H3,(H2,22,28)(H,25,30)/t10-,12-,20+/m0/s1. The first-order valence-electron chi connectivity index (χ1n) is 10.0. The van der Waals surface area contributed by atoms with Gasteiger partial charge in [-0.1, -0.05) is 6.92 Å². The number of aryl methyl sites for hydroxylation is 1. The number of nitrogens with two attached hydrogens (primary N) is 1. The molecule has 5 rings (SSSR count). The molecule has 0 saturated carbocycles. The molecular weight excluding hydrogens is 403 g/mol. The summed E-state index contributed by atoms with van der Waals surface area (Å²) in [6.07, 6.45) is 5.19. The summed E-state index contributed by atoms with van der Waals surface area (Å²) < 4.78 is 20.1. The molecule has 0 aliphatic carbocycles. The number of amides is 2. The number of halogens is 1. The van der Waals surface area contributed by atoms with Crippen molar-refractivity contribution in [2.24, 2.45) is 5.92 Å². The van der Waals surface area contributed by atoms with E-state index in [-0.39, 0.29) is 17.7 Å². The van der Waals surface area contributed by atoms with Gasteiger partial charge in [-0.05, 0) is 48.5 Å². The summed E-state index contributed by atoms with van der Waals surface area (Å²) in [4.78, 5) is 23.3. The molecule has 2 aliphatic heterocycles. The van der Waals surface area contributed by atoms with Crippen LogP contribution in [0.2, 0.25) is 0 Å². The van der Waals surface area contributed by atoms with Crippen LogP contribution >= 0.6 is 0 Å². The molecule has 2 saturated heterocycles. The van der Waals surface area contributed by atoms with Gasteiger partial charge in [-0.2, -0.15) is 10.1 Å². The molecule has 10 nitrogen and oxygen atoms in total. The highest BCUT2D eigenvalue weighted by molar-refractivity contribution is 5.92. The van der Waals surface area contributed by atoms with Gasteiger partial charge in [0.25, 0.3) is 11.8 Å². The zero-order chi connectivity index (χ0) is 21.8. The first-order chi connectivity index (χ1) is 14.9. The zero-order valence-corrected chi connectivity index (χ0v) is 17.0. The van der Waals surface area contributed by atoms with E-state index in [1.54, 1.807) is 11.8 Å². The average molecular weight is 424 g/mol. The average Bonchev–Trinajstić information content (AvgIpc) is 3.17. The van der Waals surface area contributed by atoms with Crippen LogP contribution in [0.5, 0.6) is 0 Å². The predicted octanol–water partition coefficient (Wildman–Crippen LogP) is 2.88. The minimum Gasteiger partial charge on any atom is -0.365 e. The maximum Gasteiger partial charge on any atom is 0.323 e. The lowest BCUT2D eigenvalue weighted by atomic mass is 9.64. The van der Waals surface area contributed by atoms with Crippen molar-refractivity contribution in [2.75, 3.05) is 11.1 Å². The molecule has 0 radical (unpaired) electrons. The fourth-order valence-electron chi connectivity index (χ4n) is 4.93. The Morgan fingerprint density at radius 1 is 1.35 bits per heavy atom. The van der Waals surface area contributed by atoms with Gasteiger partial charge in [0.05, 0.1) is 11.9 Å². The number of urea groups is 1. The second-order valence-corrected chi connectivity index (χ2v) is 8.31. The van der Waals surface area contributed by atoms with Crippen molar-refractivity contribution in [1.29, 1.82) is 0 Å². The fourth-order valence-corrected chi connectivity index (χ4v) is 4.93. The van der Waals surface area contributed by atoms with E-state index in [2.05, 4.69) is 37.6 Å². The summed E-state index contributed by atoms with van der Waals surface area (Å²) in [7, 11) is 0. The third-order valence-corrected chi connectivity index (χ3v) is 6.10. The Hall–Kier alpha value is -3.63. The molecule has 2 aromatic heterocycles. The first kappa shape index (κ1) is 19.3. The third-order valence-electron chi connectivity index (χ3n) is 6.10. The number of aromatic nitrogens is 5. The van der Waals surface area contributed by atoms with Crippen molar-refractivity contribution in [3.63, 3.8) is 0 Å². The Balaban J connectivity index is 1.46. The van der Waals surface area contributed by atoms with Gasteiger partial charge < -0.3 is 20.5 Å². The molecule has 0 unspecified atom stereocenters. The molecule has 4 heterocycles. The molecule has 2 fully saturated rings. The van der Waals surface area contributed by atoms with E-state index in [1.165, 1.54) is 24.5 Å². The van der Waals surface area contributed by atoms with Crippen LogP contribution in [0.3, 0.4) is 0 Å². The van der Waals surface area contributed by atoms with Crippen LogP contribution in [0, 0.1) is 18.7 Å². The van der Waals surface area contributed by atoms with Gasteiger partial charge in [0, 0.05) is 24.2 Å². The van der Waals surface area contributed by atoms with Gasteiger partial charge in [0.15, 0.2) is 5.82 Å². The summed E-state index contributed by atoms with van der Waals surface area (Å²) in [5.74, 6) is 0.520. The van der Waals surface area contributed by atoms with E-state index in [0.29, 0.717) is 41.6 Å². The summed E-state index contributed by atoms with van der Waals surface area (Å²) in [6.45, 7) is 3.87. The predicted molar refractivity (Wildman–Crippen MR) is 108 cm³/mol. The van der Waals surface area contributed by atoms with Gasteiger partial charge in [0.1, 0.15) is 11.4 Å². The maximum atomic E-state index is 14.7. The summed E-state index contributed by atoms with van der Waals surface area (Å²) in [5.41, 5.74) is 6.18. The highest BCUT2D eigenvalue weighted by atomic mass is 19.1. The maximum absolute atomic E-state index is 14.7. The largest absolute Gasteiger partial charge is 0.365 e. The van der Waals surface area contributed by atoms with E-state index in [1.807, 2.05) is 0 Å². The Morgan fingerprint density at radius 2 is 2.19 bits per heavy atom. The fraction of sp³-hybridized carbons (Fsp3) is 0.400. The molecule has 160 valence electrons. The van der Waals surface area contributed by atoms with Gasteiger partial charge in [-0.25, -0.2) is 14.2 Å². The van der Waals surface area contributed by atoms with Crippen LogP contribution in [-0.4, -0.2) is 42.3 Å². The minimum absolute atomic E-state index is 0.00603. The van der Waals surface area contributed by atoms with Crippen LogP contribution in [-0.2, 0) is 5.54 Å². The molecule has 1 aromatic carbocycles. The number of carbonyl (C=O) groups is 1. The quantitative estimate of drug-likeness (QED) is 0.655. The SMILES string of the molecule is Cc1cc(F)c(NC(=O)N2[C@H]3C[C@H](C)C[C@]2(c2nc(N)no2)C3)cc1-c1nccnn1. The molecule has 11 heteroatoms. The van der Waals surface area contributed by atoms with Crippen LogP contribution in [0.25, 0.3) is 11.4 Å². The van der Waals surface area contributed by atoms with Crippen molar-refractivity contribution in [3.8, 4) is 11.4 Å². The highest BCUT2D eigenvalue weighted by Crippen LogP contribution is 2.55. The van der Waals surface area contributed by atoms with E-state index < -0.39 is 17.4 Å². The molecule has 3 atom stereocenters. The van der Waals surface area contributed by atoms with Gasteiger partial charge in [-0.3, -0.25) is 0 Å². The highest BCUT2D eigenvalue weighted by Gasteiger charge is 2.62. The topological polar surface area (TPSA) is 136 Å². The number of hydrogen-bond acceptors (Lipinski definition) is 8. The van der Waals surface area contributed by atoms with Crippen molar-refractivity contribution >= 4 is 17.7 Å². The van der Waals surface area contributed by atoms with Gasteiger partial charge >= 0.3 is 6.03 Å². The molecule has 3 N–H and O–H groups in total. The zero-order valence-electron chi connectivity index (χ0n) is 17.0. The normalized spacial score (nSPS) is 24.5. The van der Waals surface area contributed by atoms with Crippen molar-refractivity contribution in [2.45, 2.75) is 44.7 Å². The Morgan fingerprint density at radius 3 is 2.90 bits per heavy atom. The molecule has 2 aliphatic rings. The lowest BCUT2D eigenvalue weighted by molar-refractivity contribution is -0.112. The summed E-state index contributed by atoms with van der Waals surface area (Å²) in [5, 5.41) is 14.2. The number of carbonyl (C=O) groups excluding carboxylic acids is 1. The molecule has 3 aromatic rings. The number of nitrogen functional groups attached to an aromatic ring is 1. The molecule has 31 heavy (non-hydrogen) atoms. The second kappa shape index (κ2) is 6.96. The lowest BCUT2D eigenvalue weighted by Crippen LogP contribution is -2.70. The number of hydrogen-bond donors (Lipinski definition) is 2. The van der Waals surface area contributed by atoms with E-state index in [4.69, 9.17) is 10.3 Å². The minimum atomic E-state index is -0.729. The van der Waals surface area contributed by atoms with Crippen LogP contribution in [0.4, 0.5) is 20.8 Å². The van der Waals surface area contributed by atoms with Crippen LogP contribution < -0.4 is 11.1 Å². The molecule has 2 bridgehead atoms. The number of rotatable bonds is 3. The molecular formula is C20H21FN8O2. The van der Waals surface area contributed by atoms with Crippen LogP contribution in [0.15, 0.2) is 29.0 Å². The van der Waals surface area contributed by atoms with Crippen molar-refractivity contribution in [3.05, 3.63) is 41.8 Å². The lowest BCUT2D eigenvalue weighted by Gasteiger charge is -2.61. The van der Waals surface area contributed by atoms with Crippen LogP contribution in [0.1, 0.15) is 37.6 Å². The summed E-state index contributed by atoms with van der Waals surface area (Å²) >= 11 is 0. The van der Waals surface area contributed by atoms with E-state index >= 15 is 0 Å². The van der Waals surface area contributed by atoms with Crippen molar-refractivity contribution in [1.82, 2.24) is 30.2 Å². The van der Waals surface area contributed by atoms with E-state index in [9.17, 15) is 9.18 Å². The second-order valence-electron chi connectivity index (χ2n) is 8.31. The van der Waals surface area contributed by atoms with E-state index in [0.717, 1.165) is 6.42 Å². The molecule has 2 amide bonds. The number of anilines is 2. The number of nitrogens with zero attached hydrogens (tertiary/aromatic N) is 6. The number of piperidine rings is 1. The Kier molecular flexibility index (Phi) is 4.34. The number of nitrogens with one attached hydrogen (secondary N) is 1. The molecule has 0 spiro atoms. The third kappa shape index (κ3) is 3.07. The van der Waals surface area contributed by atoms with Gasteiger partial charge in [0.2, 0.25) is 0 Å². The number of benzene rings is 1. The summed E-state index contributed by atoms with van der Waals surface area (Å²) in [6, 6.07) is 2.44. The monoisotopic (exact) mass is 424 g/mol. The van der Waals surface area contributed by atoms with Crippen molar-refractivity contribution < 1.29 is 13.7 Å². The smallest absolute Gasteiger partial charge is 0.323 e. The first-order valence-corrected chi connectivity index (χ1v) is 10.0. The van der Waals surface area contributed by atoms with Gasteiger partial charge in [-0.15, -0.1) is 5.10 Å².